The maximum absolute atomic E-state index is 12.9. The van der Waals surface area contributed by atoms with Crippen LogP contribution in [0.4, 0.5) is 0 Å². The zero-order valence-electron chi connectivity index (χ0n) is 14.7. The Morgan fingerprint density at radius 1 is 1.19 bits per heavy atom. The highest BCUT2D eigenvalue weighted by atomic mass is 35.5. The van der Waals surface area contributed by atoms with Crippen LogP contribution in [0.25, 0.3) is 0 Å². The van der Waals surface area contributed by atoms with Gasteiger partial charge < -0.3 is 15.0 Å². The van der Waals surface area contributed by atoms with Crippen LogP contribution in [0.1, 0.15) is 28.8 Å². The van der Waals surface area contributed by atoms with E-state index >= 15 is 0 Å². The molecule has 0 saturated carbocycles. The second-order valence-electron chi connectivity index (χ2n) is 6.38. The largest absolute Gasteiger partial charge is 0.488 e. The van der Waals surface area contributed by atoms with Crippen molar-refractivity contribution in [3.05, 3.63) is 63.6 Å². The molecule has 1 N–H and O–H groups in total. The van der Waals surface area contributed by atoms with Crippen molar-refractivity contribution in [3.8, 4) is 5.75 Å². The smallest absolute Gasteiger partial charge is 0.257 e. The van der Waals surface area contributed by atoms with Crippen LogP contribution in [0.5, 0.6) is 5.75 Å². The molecule has 0 bridgehead atoms. The lowest BCUT2D eigenvalue weighted by molar-refractivity contribution is 0.0702. The van der Waals surface area contributed by atoms with E-state index in [1.807, 2.05) is 42.3 Å². The van der Waals surface area contributed by atoms with Gasteiger partial charge in [-0.25, -0.2) is 0 Å². The lowest BCUT2D eigenvalue weighted by atomic mass is 10.0. The summed E-state index contributed by atoms with van der Waals surface area (Å²) in [5, 5.41) is 4.41. The standard InChI is InChI=1S/C20H22Cl2N2O2/c1-23-16-8-10-24(11-9-16)20(25)17-4-2-3-5-19(17)26-13-14-6-7-15(21)12-18(14)22/h2-7,12,16,23H,8-11,13H2,1H3. The minimum Gasteiger partial charge on any atom is -0.488 e. The Labute approximate surface area is 164 Å². The van der Waals surface area contributed by atoms with Crippen molar-refractivity contribution in [2.24, 2.45) is 0 Å². The molecule has 3 rings (SSSR count). The minimum atomic E-state index is 0.0114. The van der Waals surface area contributed by atoms with Gasteiger partial charge in [-0.2, -0.15) is 0 Å². The number of carbonyl (C=O) groups excluding carboxylic acids is 1. The van der Waals surface area contributed by atoms with Crippen LogP contribution in [-0.4, -0.2) is 37.0 Å². The third kappa shape index (κ3) is 4.50. The Kier molecular flexibility index (Phi) is 6.41. The summed E-state index contributed by atoms with van der Waals surface area (Å²) in [6.45, 7) is 1.78. The average Bonchev–Trinajstić information content (AvgIpc) is 2.67. The van der Waals surface area contributed by atoms with Crippen LogP contribution in [0.2, 0.25) is 10.0 Å². The van der Waals surface area contributed by atoms with E-state index in [1.165, 1.54) is 0 Å². The van der Waals surface area contributed by atoms with Crippen molar-refractivity contribution in [1.82, 2.24) is 10.2 Å². The number of hydrogen-bond donors (Lipinski definition) is 1. The molecule has 4 nitrogen and oxygen atoms in total. The molecule has 0 unspecified atom stereocenters. The molecule has 2 aromatic carbocycles. The summed E-state index contributed by atoms with van der Waals surface area (Å²) in [4.78, 5) is 14.8. The molecule has 1 aliphatic rings. The SMILES string of the molecule is CNC1CCN(C(=O)c2ccccc2OCc2ccc(Cl)cc2Cl)CC1. The highest BCUT2D eigenvalue weighted by molar-refractivity contribution is 6.35. The normalized spacial score (nSPS) is 15.1. The lowest BCUT2D eigenvalue weighted by Crippen LogP contribution is -2.44. The van der Waals surface area contributed by atoms with Gasteiger partial charge in [0.1, 0.15) is 12.4 Å². The Bertz CT molecular complexity index is 774. The predicted octanol–water partition coefficient (Wildman–Crippen LogP) is 4.40. The monoisotopic (exact) mass is 392 g/mol. The fourth-order valence-electron chi connectivity index (χ4n) is 3.11. The third-order valence-electron chi connectivity index (χ3n) is 4.71. The molecule has 0 aliphatic carbocycles. The Morgan fingerprint density at radius 3 is 2.62 bits per heavy atom. The molecule has 1 fully saturated rings. The van der Waals surface area contributed by atoms with Crippen LogP contribution in [0.3, 0.4) is 0 Å². The van der Waals surface area contributed by atoms with E-state index < -0.39 is 0 Å². The first-order valence-corrected chi connectivity index (χ1v) is 9.46. The van der Waals surface area contributed by atoms with E-state index in [0.29, 0.717) is 27.4 Å². The van der Waals surface area contributed by atoms with Crippen molar-refractivity contribution < 1.29 is 9.53 Å². The summed E-state index contributed by atoms with van der Waals surface area (Å²) >= 11 is 12.1. The van der Waals surface area contributed by atoms with Gasteiger partial charge in [0.2, 0.25) is 0 Å². The number of rotatable bonds is 5. The van der Waals surface area contributed by atoms with Gasteiger partial charge in [-0.15, -0.1) is 0 Å². The Hall–Kier alpha value is -1.75. The van der Waals surface area contributed by atoms with Crippen molar-refractivity contribution in [2.45, 2.75) is 25.5 Å². The van der Waals surface area contributed by atoms with Crippen molar-refractivity contribution in [2.75, 3.05) is 20.1 Å². The average molecular weight is 393 g/mol. The summed E-state index contributed by atoms with van der Waals surface area (Å²) in [5.41, 5.74) is 1.41. The van der Waals surface area contributed by atoms with Crippen molar-refractivity contribution in [3.63, 3.8) is 0 Å². The fourth-order valence-corrected chi connectivity index (χ4v) is 3.57. The topological polar surface area (TPSA) is 41.6 Å². The summed E-state index contributed by atoms with van der Waals surface area (Å²) in [6.07, 6.45) is 1.93. The van der Waals surface area contributed by atoms with Gasteiger partial charge in [0.25, 0.3) is 5.91 Å². The molecule has 1 heterocycles. The first-order chi connectivity index (χ1) is 12.6. The van der Waals surface area contributed by atoms with Crippen LogP contribution >= 0.6 is 23.2 Å². The highest BCUT2D eigenvalue weighted by Gasteiger charge is 2.24. The second kappa shape index (κ2) is 8.76. The molecule has 6 heteroatoms. The van der Waals surface area contributed by atoms with E-state index in [1.54, 1.807) is 12.1 Å². The predicted molar refractivity (Wildman–Crippen MR) is 105 cm³/mol. The lowest BCUT2D eigenvalue weighted by Gasteiger charge is -2.32. The first-order valence-electron chi connectivity index (χ1n) is 8.71. The summed E-state index contributed by atoms with van der Waals surface area (Å²) < 4.78 is 5.91. The maximum Gasteiger partial charge on any atom is 0.257 e. The number of hydrogen-bond acceptors (Lipinski definition) is 3. The van der Waals surface area contributed by atoms with E-state index in [9.17, 15) is 4.79 Å². The number of amides is 1. The molecular weight excluding hydrogens is 371 g/mol. The van der Waals surface area contributed by atoms with Gasteiger partial charge in [0, 0.05) is 34.7 Å². The van der Waals surface area contributed by atoms with Crippen LogP contribution in [0, 0.1) is 0 Å². The molecule has 138 valence electrons. The molecule has 26 heavy (non-hydrogen) atoms. The van der Waals surface area contributed by atoms with Crippen LogP contribution in [0.15, 0.2) is 42.5 Å². The van der Waals surface area contributed by atoms with E-state index in [-0.39, 0.29) is 12.5 Å². The maximum atomic E-state index is 12.9. The Balaban J connectivity index is 1.70. The highest BCUT2D eigenvalue weighted by Crippen LogP contribution is 2.26. The zero-order valence-corrected chi connectivity index (χ0v) is 16.2. The van der Waals surface area contributed by atoms with Gasteiger partial charge in [-0.05, 0) is 44.2 Å². The number of benzene rings is 2. The molecule has 1 amide bonds. The first kappa shape index (κ1) is 19.0. The Morgan fingerprint density at radius 2 is 1.92 bits per heavy atom. The number of carbonyl (C=O) groups is 1. The number of piperidine rings is 1. The zero-order chi connectivity index (χ0) is 18.5. The molecular formula is C20H22Cl2N2O2. The van der Waals surface area contributed by atoms with Gasteiger partial charge >= 0.3 is 0 Å². The number of para-hydroxylation sites is 1. The molecule has 2 aromatic rings. The minimum absolute atomic E-state index is 0.0114. The molecule has 1 saturated heterocycles. The molecule has 0 radical (unpaired) electrons. The third-order valence-corrected chi connectivity index (χ3v) is 5.29. The van der Waals surface area contributed by atoms with Gasteiger partial charge in [-0.1, -0.05) is 41.4 Å². The van der Waals surface area contributed by atoms with E-state index in [2.05, 4.69) is 5.32 Å². The second-order valence-corrected chi connectivity index (χ2v) is 7.22. The van der Waals surface area contributed by atoms with E-state index in [4.69, 9.17) is 27.9 Å². The van der Waals surface area contributed by atoms with Crippen molar-refractivity contribution >= 4 is 29.1 Å². The van der Waals surface area contributed by atoms with Gasteiger partial charge in [0.15, 0.2) is 0 Å². The van der Waals surface area contributed by atoms with E-state index in [0.717, 1.165) is 31.5 Å². The van der Waals surface area contributed by atoms with Crippen LogP contribution < -0.4 is 10.1 Å². The number of ether oxygens (including phenoxy) is 1. The quantitative estimate of drug-likeness (QED) is 0.819. The molecule has 0 spiro atoms. The number of nitrogens with zero attached hydrogens (tertiary/aromatic N) is 1. The molecule has 0 aromatic heterocycles. The number of likely N-dealkylation sites (tertiary alicyclic amines) is 1. The van der Waals surface area contributed by atoms with Crippen LogP contribution in [-0.2, 0) is 6.61 Å². The summed E-state index contributed by atoms with van der Waals surface area (Å²) in [6, 6.07) is 13.1. The summed E-state index contributed by atoms with van der Waals surface area (Å²) in [7, 11) is 1.97. The number of halogens is 2. The van der Waals surface area contributed by atoms with Crippen molar-refractivity contribution in [1.29, 1.82) is 0 Å². The molecule has 0 atom stereocenters. The van der Waals surface area contributed by atoms with Gasteiger partial charge in [-0.3, -0.25) is 4.79 Å². The fraction of sp³-hybridized carbons (Fsp3) is 0.350. The molecule has 1 aliphatic heterocycles. The summed E-state index contributed by atoms with van der Waals surface area (Å²) in [5.74, 6) is 0.580. The number of nitrogens with one attached hydrogen (secondary N) is 1. The van der Waals surface area contributed by atoms with Gasteiger partial charge in [0.05, 0.1) is 5.56 Å².